The molecule has 1 unspecified atom stereocenters. The highest BCUT2D eigenvalue weighted by atomic mass is 32.2. The first-order valence-electron chi connectivity index (χ1n) is 8.43. The summed E-state index contributed by atoms with van der Waals surface area (Å²) in [6, 6.07) is 7.17. The van der Waals surface area contributed by atoms with E-state index in [9.17, 15) is 8.42 Å². The predicted octanol–water partition coefficient (Wildman–Crippen LogP) is 1.55. The molecule has 0 radical (unpaired) electrons. The second-order valence-electron chi connectivity index (χ2n) is 6.42. The third-order valence-electron chi connectivity index (χ3n) is 4.47. The number of rotatable bonds is 7. The van der Waals surface area contributed by atoms with Crippen LogP contribution in [0.15, 0.2) is 29.2 Å². The molecule has 1 fully saturated rings. The molecule has 1 heterocycles. The Hall–Kier alpha value is -0.950. The van der Waals surface area contributed by atoms with Gasteiger partial charge >= 0.3 is 0 Å². The summed E-state index contributed by atoms with van der Waals surface area (Å²) in [6.07, 6.45) is 1.55. The van der Waals surface area contributed by atoms with Gasteiger partial charge in [0.2, 0.25) is 10.0 Å². The molecular formula is C17H29N3O2S. The van der Waals surface area contributed by atoms with Gasteiger partial charge in [0, 0.05) is 32.2 Å². The molecule has 0 amide bonds. The van der Waals surface area contributed by atoms with E-state index in [0.717, 1.165) is 44.7 Å². The summed E-state index contributed by atoms with van der Waals surface area (Å²) in [7, 11) is -1.30. The average Bonchev–Trinajstić information content (AvgIpc) is 2.54. The average molecular weight is 340 g/mol. The number of nitrogens with zero attached hydrogens (tertiary/aromatic N) is 2. The molecule has 0 aliphatic carbocycles. The fourth-order valence-corrected chi connectivity index (χ4v) is 4.48. The van der Waals surface area contributed by atoms with Gasteiger partial charge in [0.15, 0.2) is 0 Å². The molecule has 1 N–H and O–H groups in total. The first-order valence-corrected chi connectivity index (χ1v) is 9.92. The van der Waals surface area contributed by atoms with Crippen LogP contribution >= 0.6 is 0 Å². The van der Waals surface area contributed by atoms with E-state index in [1.54, 1.807) is 12.1 Å². The highest BCUT2D eigenvalue weighted by Gasteiger charge is 2.21. The Balaban J connectivity index is 1.89. The number of hydrogen-bond donors (Lipinski definition) is 1. The minimum absolute atomic E-state index is 0.0652. The monoisotopic (exact) mass is 339 g/mol. The summed E-state index contributed by atoms with van der Waals surface area (Å²) in [5.41, 5.74) is 0.867. The molecule has 23 heavy (non-hydrogen) atoms. The fourth-order valence-electron chi connectivity index (χ4n) is 2.89. The van der Waals surface area contributed by atoms with E-state index in [1.165, 1.54) is 0 Å². The van der Waals surface area contributed by atoms with Crippen LogP contribution in [-0.4, -0.2) is 64.0 Å². The molecule has 0 aromatic heterocycles. The predicted molar refractivity (Wildman–Crippen MR) is 94.2 cm³/mol. The lowest BCUT2D eigenvalue weighted by Crippen LogP contribution is -2.46. The van der Waals surface area contributed by atoms with Crippen molar-refractivity contribution in [3.05, 3.63) is 29.8 Å². The van der Waals surface area contributed by atoms with E-state index < -0.39 is 10.0 Å². The molecule has 1 aliphatic rings. The van der Waals surface area contributed by atoms with Crippen LogP contribution in [-0.2, 0) is 16.4 Å². The van der Waals surface area contributed by atoms with Gasteiger partial charge in [-0.2, -0.15) is 0 Å². The summed E-state index contributed by atoms with van der Waals surface area (Å²) in [6.45, 7) is 9.16. The third-order valence-corrected chi connectivity index (χ3v) is 6.16. The number of hydrogen-bond acceptors (Lipinski definition) is 4. The Kier molecular flexibility index (Phi) is 6.59. The normalized spacial score (nSPS) is 18.9. The van der Waals surface area contributed by atoms with Crippen molar-refractivity contribution in [3.8, 4) is 0 Å². The standard InChI is InChI=1S/C17H29N3O2S/c1-4-16-7-5-6-8-17(16)23(21,22)18-15(2)9-10-20-13-11-19(3)12-14-20/h5-8,15,18H,4,9-14H2,1-3H3. The molecule has 130 valence electrons. The van der Waals surface area contributed by atoms with Crippen LogP contribution in [0.2, 0.25) is 0 Å². The zero-order valence-electron chi connectivity index (χ0n) is 14.5. The van der Waals surface area contributed by atoms with E-state index in [0.29, 0.717) is 11.3 Å². The Morgan fingerprint density at radius 1 is 1.17 bits per heavy atom. The summed E-state index contributed by atoms with van der Waals surface area (Å²) in [4.78, 5) is 5.14. The van der Waals surface area contributed by atoms with Crippen molar-refractivity contribution >= 4 is 10.0 Å². The zero-order valence-corrected chi connectivity index (χ0v) is 15.3. The summed E-state index contributed by atoms with van der Waals surface area (Å²) >= 11 is 0. The summed E-state index contributed by atoms with van der Waals surface area (Å²) in [5.74, 6) is 0. The number of nitrogens with one attached hydrogen (secondary N) is 1. The molecular weight excluding hydrogens is 310 g/mol. The van der Waals surface area contributed by atoms with Crippen molar-refractivity contribution in [2.24, 2.45) is 0 Å². The maximum atomic E-state index is 12.6. The lowest BCUT2D eigenvalue weighted by Gasteiger charge is -2.32. The van der Waals surface area contributed by atoms with Gasteiger partial charge in [-0.15, -0.1) is 0 Å². The van der Waals surface area contributed by atoms with E-state index in [-0.39, 0.29) is 6.04 Å². The number of likely N-dealkylation sites (N-methyl/N-ethyl adjacent to an activating group) is 1. The Bertz CT molecular complexity index is 596. The minimum Gasteiger partial charge on any atom is -0.304 e. The highest BCUT2D eigenvalue weighted by Crippen LogP contribution is 2.16. The summed E-state index contributed by atoms with van der Waals surface area (Å²) < 4.78 is 28.0. The second-order valence-corrected chi connectivity index (χ2v) is 8.10. The van der Waals surface area contributed by atoms with Crippen molar-refractivity contribution < 1.29 is 8.42 Å². The van der Waals surface area contributed by atoms with Crippen LogP contribution in [0.25, 0.3) is 0 Å². The fraction of sp³-hybridized carbons (Fsp3) is 0.647. The first kappa shape index (κ1) is 18.4. The van der Waals surface area contributed by atoms with Crippen molar-refractivity contribution in [2.75, 3.05) is 39.8 Å². The van der Waals surface area contributed by atoms with Crippen LogP contribution < -0.4 is 4.72 Å². The lowest BCUT2D eigenvalue weighted by atomic mass is 10.2. The lowest BCUT2D eigenvalue weighted by molar-refractivity contribution is 0.150. The number of benzene rings is 1. The smallest absolute Gasteiger partial charge is 0.241 e. The van der Waals surface area contributed by atoms with Crippen LogP contribution in [0.3, 0.4) is 0 Å². The van der Waals surface area contributed by atoms with Crippen LogP contribution in [0.4, 0.5) is 0 Å². The number of sulfonamides is 1. The molecule has 2 rings (SSSR count). The largest absolute Gasteiger partial charge is 0.304 e. The Morgan fingerprint density at radius 3 is 2.48 bits per heavy atom. The van der Waals surface area contributed by atoms with E-state index in [4.69, 9.17) is 0 Å². The summed E-state index contributed by atoms with van der Waals surface area (Å²) in [5, 5.41) is 0. The molecule has 0 saturated carbocycles. The molecule has 0 bridgehead atoms. The van der Waals surface area contributed by atoms with Crippen LogP contribution in [0, 0.1) is 0 Å². The van der Waals surface area contributed by atoms with Gasteiger partial charge in [-0.05, 0) is 45.0 Å². The van der Waals surface area contributed by atoms with Gasteiger partial charge in [-0.1, -0.05) is 25.1 Å². The maximum Gasteiger partial charge on any atom is 0.241 e. The molecule has 1 aromatic carbocycles. The first-order chi connectivity index (χ1) is 10.9. The molecule has 1 aromatic rings. The van der Waals surface area contributed by atoms with Crippen molar-refractivity contribution in [1.29, 1.82) is 0 Å². The molecule has 6 heteroatoms. The van der Waals surface area contributed by atoms with Gasteiger partial charge in [-0.3, -0.25) is 0 Å². The van der Waals surface area contributed by atoms with Gasteiger partial charge < -0.3 is 9.80 Å². The molecule has 1 atom stereocenters. The van der Waals surface area contributed by atoms with Gasteiger partial charge in [0.25, 0.3) is 0 Å². The Morgan fingerprint density at radius 2 is 1.83 bits per heavy atom. The topological polar surface area (TPSA) is 52.7 Å². The van der Waals surface area contributed by atoms with Crippen LogP contribution in [0.5, 0.6) is 0 Å². The second kappa shape index (κ2) is 8.24. The van der Waals surface area contributed by atoms with Crippen molar-refractivity contribution in [1.82, 2.24) is 14.5 Å². The van der Waals surface area contributed by atoms with Crippen molar-refractivity contribution in [2.45, 2.75) is 37.6 Å². The van der Waals surface area contributed by atoms with Gasteiger partial charge in [0.1, 0.15) is 0 Å². The number of aryl methyl sites for hydroxylation is 1. The van der Waals surface area contributed by atoms with Gasteiger partial charge in [0.05, 0.1) is 4.90 Å². The zero-order chi connectivity index (χ0) is 16.9. The third kappa shape index (κ3) is 5.28. The molecule has 1 aliphatic heterocycles. The quantitative estimate of drug-likeness (QED) is 0.819. The van der Waals surface area contributed by atoms with Gasteiger partial charge in [-0.25, -0.2) is 13.1 Å². The van der Waals surface area contributed by atoms with Crippen LogP contribution in [0.1, 0.15) is 25.8 Å². The highest BCUT2D eigenvalue weighted by molar-refractivity contribution is 7.89. The van der Waals surface area contributed by atoms with E-state index in [1.807, 2.05) is 26.0 Å². The number of piperazine rings is 1. The van der Waals surface area contributed by atoms with E-state index in [2.05, 4.69) is 21.6 Å². The van der Waals surface area contributed by atoms with E-state index >= 15 is 0 Å². The molecule has 5 nitrogen and oxygen atoms in total. The molecule has 1 saturated heterocycles. The SMILES string of the molecule is CCc1ccccc1S(=O)(=O)NC(C)CCN1CCN(C)CC1. The Labute approximate surface area is 140 Å². The molecule has 0 spiro atoms. The minimum atomic E-state index is -3.44. The maximum absolute atomic E-state index is 12.6. The van der Waals surface area contributed by atoms with Crippen molar-refractivity contribution in [3.63, 3.8) is 0 Å².